The molecule has 10 atom stereocenters. The Morgan fingerprint density at radius 2 is 1.01 bits per heavy atom. The van der Waals surface area contributed by atoms with Crippen LogP contribution < -0.4 is 53.6 Å². The molecule has 10 amide bonds. The number of phenolic OH excluding ortho intramolecular Hbond substituents is 2. The summed E-state index contributed by atoms with van der Waals surface area (Å²) in [6, 6.07) is 27.2. The average molecular weight is 1480 g/mol. The molecule has 6 aromatic carbocycles. The number of halogens is 1. The van der Waals surface area contributed by atoms with E-state index in [9.17, 15) is 58.8 Å². The van der Waals surface area contributed by atoms with Crippen LogP contribution in [0.2, 0.25) is 5.02 Å². The second-order valence-corrected chi connectivity index (χ2v) is 26.9. The third-order valence-corrected chi connectivity index (χ3v) is 18.7. The van der Waals surface area contributed by atoms with Crippen molar-refractivity contribution in [3.8, 4) is 11.5 Å². The lowest BCUT2D eigenvalue weighted by Crippen LogP contribution is -2.61. The molecule has 0 radical (unpaired) electrons. The summed E-state index contributed by atoms with van der Waals surface area (Å²) in [6.45, 7) is 1.72. The highest BCUT2D eigenvalue weighted by molar-refractivity contribution is 6.30. The molecule has 8 aromatic rings. The molecule has 1 saturated heterocycles. The molecule has 29 heteroatoms. The fourth-order valence-corrected chi connectivity index (χ4v) is 12.8. The number of likely N-dealkylation sites (tertiary alicyclic amines) is 1. The molecular weight excluding hydrogens is 1390 g/mol. The fraction of sp³-hybridized carbons (Fsp3) is 0.333. The van der Waals surface area contributed by atoms with Gasteiger partial charge in [0, 0.05) is 86.5 Å². The van der Waals surface area contributed by atoms with Gasteiger partial charge in [0.25, 0.3) is 0 Å². The molecule has 562 valence electrons. The summed E-state index contributed by atoms with van der Waals surface area (Å²) in [5.41, 5.74) is 9.76. The van der Waals surface area contributed by atoms with Crippen molar-refractivity contribution in [2.75, 3.05) is 19.7 Å². The number of aromatic hydroxyl groups is 2. The topological polar surface area (TPSA) is 435 Å². The number of aromatic nitrogens is 2. The number of aliphatic carboxylic acids is 1. The molecule has 0 unspecified atom stereocenters. The van der Waals surface area contributed by atoms with E-state index in [-0.39, 0.29) is 82.4 Å². The maximum Gasteiger partial charge on any atom is 0.325 e. The molecule has 2 aromatic heterocycles. The van der Waals surface area contributed by atoms with Gasteiger partial charge in [-0.2, -0.15) is 0 Å². The van der Waals surface area contributed by atoms with E-state index in [1.807, 2.05) is 42.5 Å². The van der Waals surface area contributed by atoms with E-state index in [1.165, 1.54) is 67.5 Å². The number of benzene rings is 6. The Morgan fingerprint density at radius 3 is 1.57 bits per heavy atom. The minimum atomic E-state index is -1.84. The van der Waals surface area contributed by atoms with E-state index in [0.29, 0.717) is 62.1 Å². The van der Waals surface area contributed by atoms with E-state index in [4.69, 9.17) is 17.3 Å². The first kappa shape index (κ1) is 79.4. The fourth-order valence-electron chi connectivity index (χ4n) is 12.7. The van der Waals surface area contributed by atoms with Crippen LogP contribution in [0.3, 0.4) is 0 Å². The van der Waals surface area contributed by atoms with Crippen LogP contribution in [0.15, 0.2) is 170 Å². The number of aliphatic hydroxyl groups is 1. The number of aliphatic hydroxyl groups excluding tert-OH is 1. The van der Waals surface area contributed by atoms with Crippen LogP contribution in [-0.2, 0) is 91.3 Å². The molecule has 0 aliphatic carbocycles. The average Bonchev–Trinajstić information content (AvgIpc) is 1.79. The molecule has 0 bridgehead atoms. The molecule has 1 fully saturated rings. The number of H-pyrrole nitrogens is 1. The number of nitrogens with zero attached hydrogens (tertiary/aromatic N) is 2. The molecule has 107 heavy (non-hydrogen) atoms. The number of carboxylic acid groups (broad SMARTS) is 1. The summed E-state index contributed by atoms with van der Waals surface area (Å²) in [7, 11) is 0. The number of nitrogens with two attached hydrogens (primary N) is 1. The van der Waals surface area contributed by atoms with E-state index in [0.717, 1.165) is 10.8 Å². The number of carbonyl (C=O) groups is 11. The Hall–Kier alpha value is -11.8. The van der Waals surface area contributed by atoms with Crippen LogP contribution in [0.5, 0.6) is 11.5 Å². The minimum absolute atomic E-state index is 0.0299. The number of para-hydroxylation sites is 1. The molecule has 9 rings (SSSR count). The van der Waals surface area contributed by atoms with Gasteiger partial charge < -0.3 is 83.9 Å². The Kier molecular flexibility index (Phi) is 28.4. The number of hydrogen-bond donors (Lipinski definition) is 15. The molecule has 1 aliphatic rings. The van der Waals surface area contributed by atoms with Crippen molar-refractivity contribution in [1.29, 1.82) is 0 Å². The van der Waals surface area contributed by atoms with E-state index in [2.05, 4.69) is 57.8 Å². The standard InChI is InChI=1S/C78H88ClN13O15/c1-45(78(106)107)83-76(104)68-17-10-34-92(68)77(105)66(38-49-23-30-57(96)31-24-49)90-74(102)65(41-54-43-82-59-15-6-5-14-58(54)59)89-69(97)60(16-7-8-32-80)85-71(99)62(37-48-21-28-56(95)29-22-48)88-75(103)67(44-93)91-73(101)64(40-51-11-9-33-81-42-51)87-72(100)63(36-47-19-26-55(79)27-20-47)86-70(98)61(84-46(2)94)39-50-18-25-52-12-3-4-13-53(52)35-50/h3-6,9,11-15,18-31,33,35,42-43,45,60-68,82,93,95-96H,7-8,10,16-17,32,34,36-41,44,80H2,1-2H3,(H,83,104)(H,84,94)(H,85,99)(H,86,98)(H,87,100)(H,88,103)(H,89,97)(H,90,102)(H,91,101)(H,106,107)/t45-,60-,61-,62+,63-,64-,65+,66+,67+,68+/m1/s1. The first-order valence-corrected chi connectivity index (χ1v) is 35.6. The monoisotopic (exact) mass is 1480 g/mol. The van der Waals surface area contributed by atoms with Crippen molar-refractivity contribution in [1.82, 2.24) is 62.7 Å². The van der Waals surface area contributed by atoms with Gasteiger partial charge in [0.2, 0.25) is 59.1 Å². The number of pyridine rings is 1. The molecule has 0 spiro atoms. The zero-order valence-corrected chi connectivity index (χ0v) is 59.7. The normalized spacial score (nSPS) is 15.1. The summed E-state index contributed by atoms with van der Waals surface area (Å²) >= 11 is 6.25. The molecule has 28 nitrogen and oxygen atoms in total. The number of nitrogens with one attached hydrogen (secondary N) is 10. The zero-order valence-electron chi connectivity index (χ0n) is 59.0. The van der Waals surface area contributed by atoms with E-state index < -0.39 is 132 Å². The number of fused-ring (bicyclic) bond motifs is 2. The van der Waals surface area contributed by atoms with Crippen LogP contribution in [0.4, 0.5) is 0 Å². The van der Waals surface area contributed by atoms with Crippen LogP contribution in [0.1, 0.15) is 79.3 Å². The van der Waals surface area contributed by atoms with E-state index >= 15 is 14.4 Å². The third-order valence-electron chi connectivity index (χ3n) is 18.4. The Bertz CT molecular complexity index is 4450. The van der Waals surface area contributed by atoms with Crippen molar-refractivity contribution >= 4 is 98.3 Å². The molecule has 3 heterocycles. The number of phenols is 2. The number of unbranched alkanes of at least 4 members (excludes halogenated alkanes) is 1. The second kappa shape index (κ2) is 38.3. The summed E-state index contributed by atoms with van der Waals surface area (Å²) in [4.78, 5) is 166. The number of amides is 10. The molecule has 1 aliphatic heterocycles. The number of carbonyl (C=O) groups excluding carboxylic acids is 10. The van der Waals surface area contributed by atoms with Crippen LogP contribution in [-0.4, -0.2) is 180 Å². The maximum absolute atomic E-state index is 15.2. The number of carboxylic acids is 1. The lowest BCUT2D eigenvalue weighted by Gasteiger charge is -2.31. The lowest BCUT2D eigenvalue weighted by atomic mass is 9.99. The Labute approximate surface area is 621 Å². The second-order valence-electron chi connectivity index (χ2n) is 26.5. The van der Waals surface area contributed by atoms with E-state index in [1.54, 1.807) is 79.0 Å². The van der Waals surface area contributed by atoms with Gasteiger partial charge in [-0.25, -0.2) is 0 Å². The quantitative estimate of drug-likeness (QED) is 0.0251. The van der Waals surface area contributed by atoms with Crippen LogP contribution >= 0.6 is 11.6 Å². The SMILES string of the molecule is CC(=O)N[C@H](Cc1ccc2ccccc2c1)C(=O)N[C@H](Cc1ccc(Cl)cc1)C(=O)N[C@H](Cc1cccnc1)C(=O)N[C@@H](CO)C(=O)N[C@@H](Cc1ccc(O)cc1)C(=O)N[C@H](CCCCN)C(=O)N[C@@H](Cc1c[nH]c2ccccc12)C(=O)N[C@@H](Cc1ccc(O)cc1)C(=O)N1CCC[C@H]1C(=O)N[C@H](C)C(=O)O. The first-order chi connectivity index (χ1) is 51.4. The summed E-state index contributed by atoms with van der Waals surface area (Å²) in [6.07, 6.45) is 4.63. The van der Waals surface area contributed by atoms with Crippen LogP contribution in [0.25, 0.3) is 21.7 Å². The largest absolute Gasteiger partial charge is 0.508 e. The highest BCUT2D eigenvalue weighted by atomic mass is 35.5. The molecule has 0 saturated carbocycles. The predicted molar refractivity (Wildman–Crippen MR) is 397 cm³/mol. The predicted octanol–water partition coefficient (Wildman–Crippen LogP) is 3.14. The molecular formula is C78H88ClN13O15. The summed E-state index contributed by atoms with van der Waals surface area (Å²) in [5.74, 6) is -9.87. The van der Waals surface area contributed by atoms with Gasteiger partial charge in [-0.05, 0) is 138 Å². The lowest BCUT2D eigenvalue weighted by molar-refractivity contribution is -0.144. The van der Waals surface area contributed by atoms with Crippen LogP contribution in [0, 0.1) is 0 Å². The Balaban J connectivity index is 0.966. The van der Waals surface area contributed by atoms with Crippen molar-refractivity contribution < 1.29 is 73.2 Å². The maximum atomic E-state index is 15.2. The van der Waals surface area contributed by atoms with Gasteiger partial charge in [0.05, 0.1) is 6.61 Å². The smallest absolute Gasteiger partial charge is 0.325 e. The van der Waals surface area contributed by atoms with Gasteiger partial charge in [0.1, 0.15) is 71.9 Å². The number of rotatable bonds is 36. The summed E-state index contributed by atoms with van der Waals surface area (Å²) < 4.78 is 0. The number of hydrogen-bond acceptors (Lipinski definition) is 16. The highest BCUT2D eigenvalue weighted by Gasteiger charge is 2.41. The van der Waals surface area contributed by atoms with Crippen molar-refractivity contribution in [2.45, 2.75) is 145 Å². The van der Waals surface area contributed by atoms with Gasteiger partial charge in [-0.3, -0.25) is 57.7 Å². The Morgan fingerprint density at radius 1 is 0.533 bits per heavy atom. The third kappa shape index (κ3) is 22.9. The van der Waals surface area contributed by atoms with Gasteiger partial charge >= 0.3 is 5.97 Å². The summed E-state index contributed by atoms with van der Waals surface area (Å²) in [5, 5.41) is 68.1. The van der Waals surface area contributed by atoms with Gasteiger partial charge in [-0.1, -0.05) is 115 Å². The number of aromatic amines is 1. The van der Waals surface area contributed by atoms with Crippen molar-refractivity contribution in [2.24, 2.45) is 5.73 Å². The minimum Gasteiger partial charge on any atom is -0.508 e. The first-order valence-electron chi connectivity index (χ1n) is 35.2. The molecule has 16 N–H and O–H groups in total. The van der Waals surface area contributed by atoms with Gasteiger partial charge in [0.15, 0.2) is 0 Å². The van der Waals surface area contributed by atoms with Crippen molar-refractivity contribution in [3.63, 3.8) is 0 Å². The zero-order chi connectivity index (χ0) is 76.7. The highest BCUT2D eigenvalue weighted by Crippen LogP contribution is 2.25. The van der Waals surface area contributed by atoms with Gasteiger partial charge in [-0.15, -0.1) is 0 Å². The van der Waals surface area contributed by atoms with Crippen molar-refractivity contribution in [3.05, 3.63) is 209 Å².